The second-order valence-corrected chi connectivity index (χ2v) is 11.0. The lowest BCUT2D eigenvalue weighted by atomic mass is 10.1. The van der Waals surface area contributed by atoms with Crippen LogP contribution in [0.1, 0.15) is 37.8 Å². The zero-order valence-electron chi connectivity index (χ0n) is 19.2. The van der Waals surface area contributed by atoms with Gasteiger partial charge in [0.05, 0.1) is 16.4 Å². The molecule has 3 rings (SSSR count). The van der Waals surface area contributed by atoms with Gasteiger partial charge in [-0.2, -0.15) is 4.31 Å². The summed E-state index contributed by atoms with van der Waals surface area (Å²) in [5, 5.41) is 2.24. The summed E-state index contributed by atoms with van der Waals surface area (Å²) in [4.78, 5) is 5.83. The molecule has 172 valence electrons. The van der Waals surface area contributed by atoms with Crippen molar-refractivity contribution in [2.45, 2.75) is 45.4 Å². The van der Waals surface area contributed by atoms with Crippen molar-refractivity contribution in [3.8, 4) is 11.3 Å². The summed E-state index contributed by atoms with van der Waals surface area (Å²) in [7, 11) is -1.74. The Hall–Kier alpha value is -1.93. The molecule has 1 heterocycles. The second-order valence-electron chi connectivity index (χ2n) is 7.84. The fraction of sp³-hybridized carbons (Fsp3) is 0.375. The lowest BCUT2D eigenvalue weighted by Gasteiger charge is -2.22. The van der Waals surface area contributed by atoms with E-state index in [1.165, 1.54) is 21.2 Å². The fourth-order valence-electron chi connectivity index (χ4n) is 3.54. The summed E-state index contributed by atoms with van der Waals surface area (Å²) >= 11 is 7.89. The molecule has 0 aliphatic rings. The first-order valence-electron chi connectivity index (χ1n) is 10.8. The van der Waals surface area contributed by atoms with E-state index in [0.29, 0.717) is 13.1 Å². The molecule has 0 aliphatic carbocycles. The molecule has 0 amide bonds. The third-order valence-electron chi connectivity index (χ3n) is 5.51. The Morgan fingerprint density at radius 2 is 1.78 bits per heavy atom. The summed E-state index contributed by atoms with van der Waals surface area (Å²) in [6.07, 6.45) is 1.50. The number of benzene rings is 2. The van der Waals surface area contributed by atoms with Crippen molar-refractivity contribution in [3.05, 3.63) is 62.7 Å². The second kappa shape index (κ2) is 10.3. The van der Waals surface area contributed by atoms with Gasteiger partial charge in [0.25, 0.3) is 0 Å². The maximum Gasteiger partial charge on any atom is 0.244 e. The highest BCUT2D eigenvalue weighted by molar-refractivity contribution is 7.89. The number of aromatic nitrogens is 1. The highest BCUT2D eigenvalue weighted by Crippen LogP contribution is 2.31. The van der Waals surface area contributed by atoms with Gasteiger partial charge in [-0.3, -0.25) is 0 Å². The molecule has 32 heavy (non-hydrogen) atoms. The smallest absolute Gasteiger partial charge is 0.244 e. The van der Waals surface area contributed by atoms with Crippen molar-refractivity contribution in [3.63, 3.8) is 0 Å². The van der Waals surface area contributed by atoms with E-state index in [9.17, 15) is 8.42 Å². The number of aryl methyl sites for hydroxylation is 1. The average Bonchev–Trinajstić information content (AvgIpc) is 3.11. The molecule has 0 N–H and O–H groups in total. The Morgan fingerprint density at radius 3 is 2.44 bits per heavy atom. The van der Waals surface area contributed by atoms with Crippen molar-refractivity contribution >= 4 is 38.6 Å². The molecule has 0 saturated carbocycles. The topological polar surface area (TPSA) is 54.7 Å². The van der Waals surface area contributed by atoms with Crippen LogP contribution in [-0.4, -0.2) is 30.4 Å². The van der Waals surface area contributed by atoms with E-state index in [1.54, 1.807) is 12.1 Å². The molecule has 0 radical (unpaired) electrons. The fourth-order valence-corrected chi connectivity index (χ4v) is 6.59. The predicted octanol–water partition coefficient (Wildman–Crippen LogP) is 6.07. The molecule has 0 aliphatic heterocycles. The first kappa shape index (κ1) is 24.7. The Morgan fingerprint density at radius 1 is 1.09 bits per heavy atom. The largest absolute Gasteiger partial charge is 0.320 e. The van der Waals surface area contributed by atoms with Gasteiger partial charge in [-0.1, -0.05) is 43.6 Å². The molecular weight excluding hydrogens is 462 g/mol. The maximum absolute atomic E-state index is 13.3. The molecular formula is C24H30ClN3O2S2. The number of rotatable bonds is 8. The summed E-state index contributed by atoms with van der Waals surface area (Å²) in [5.74, 6) is 0. The molecule has 0 bridgehead atoms. The van der Waals surface area contributed by atoms with Crippen molar-refractivity contribution in [2.75, 3.05) is 13.1 Å². The number of hydrogen-bond donors (Lipinski definition) is 0. The number of nitrogens with zero attached hydrogens (tertiary/aromatic N) is 3. The SMILES string of the molecule is CCCN(CCC)S(=O)(=O)c1cc(-c2csc(=Nc3cccc(C)c3C)n2C)ccc1Cl. The predicted molar refractivity (Wildman–Crippen MR) is 134 cm³/mol. The number of halogens is 1. The van der Waals surface area contributed by atoms with Crippen LogP contribution < -0.4 is 4.80 Å². The highest BCUT2D eigenvalue weighted by Gasteiger charge is 2.26. The lowest BCUT2D eigenvalue weighted by molar-refractivity contribution is 0.410. The average molecular weight is 492 g/mol. The molecule has 0 saturated heterocycles. The molecule has 2 aromatic carbocycles. The molecule has 8 heteroatoms. The summed E-state index contributed by atoms with van der Waals surface area (Å²) < 4.78 is 30.2. The number of hydrogen-bond acceptors (Lipinski definition) is 4. The van der Waals surface area contributed by atoms with Gasteiger partial charge in [0.1, 0.15) is 4.90 Å². The van der Waals surface area contributed by atoms with Crippen molar-refractivity contribution in [1.82, 2.24) is 8.87 Å². The monoisotopic (exact) mass is 491 g/mol. The van der Waals surface area contributed by atoms with Crippen LogP contribution in [0.4, 0.5) is 5.69 Å². The van der Waals surface area contributed by atoms with Crippen LogP contribution >= 0.6 is 22.9 Å². The van der Waals surface area contributed by atoms with Crippen LogP contribution in [0.2, 0.25) is 5.02 Å². The van der Waals surface area contributed by atoms with E-state index >= 15 is 0 Å². The van der Waals surface area contributed by atoms with E-state index in [4.69, 9.17) is 16.6 Å². The molecule has 3 aromatic rings. The summed E-state index contributed by atoms with van der Waals surface area (Å²) in [6.45, 7) is 9.04. The van der Waals surface area contributed by atoms with Gasteiger partial charge in [0.2, 0.25) is 10.0 Å². The van der Waals surface area contributed by atoms with E-state index in [2.05, 4.69) is 19.9 Å². The van der Waals surface area contributed by atoms with Crippen LogP contribution in [0, 0.1) is 13.8 Å². The third-order valence-corrected chi connectivity index (χ3v) is 8.80. The minimum atomic E-state index is -3.68. The van der Waals surface area contributed by atoms with Crippen molar-refractivity contribution in [2.24, 2.45) is 12.0 Å². The van der Waals surface area contributed by atoms with E-state index in [-0.39, 0.29) is 9.92 Å². The number of thiazole rings is 1. The van der Waals surface area contributed by atoms with Gasteiger partial charge in [-0.25, -0.2) is 13.4 Å². The molecule has 0 unspecified atom stereocenters. The van der Waals surface area contributed by atoms with Gasteiger partial charge in [0.15, 0.2) is 4.80 Å². The van der Waals surface area contributed by atoms with Crippen LogP contribution in [0.3, 0.4) is 0 Å². The third kappa shape index (κ3) is 5.01. The van der Waals surface area contributed by atoms with Crippen LogP contribution in [0.25, 0.3) is 11.3 Å². The van der Waals surface area contributed by atoms with Gasteiger partial charge >= 0.3 is 0 Å². The van der Waals surface area contributed by atoms with Crippen LogP contribution in [0.15, 0.2) is 51.7 Å². The minimum Gasteiger partial charge on any atom is -0.320 e. The van der Waals surface area contributed by atoms with Gasteiger partial charge < -0.3 is 4.57 Å². The van der Waals surface area contributed by atoms with E-state index in [0.717, 1.165) is 40.2 Å². The van der Waals surface area contributed by atoms with Gasteiger partial charge in [0, 0.05) is 31.1 Å². The zero-order chi connectivity index (χ0) is 23.5. The molecule has 0 atom stereocenters. The van der Waals surface area contributed by atoms with E-state index < -0.39 is 10.0 Å². The Balaban J connectivity index is 2.08. The van der Waals surface area contributed by atoms with Crippen LogP contribution in [-0.2, 0) is 17.1 Å². The first-order valence-corrected chi connectivity index (χ1v) is 13.5. The van der Waals surface area contributed by atoms with Gasteiger partial charge in [-0.05, 0) is 56.0 Å². The minimum absolute atomic E-state index is 0.151. The lowest BCUT2D eigenvalue weighted by Crippen LogP contribution is -2.32. The molecule has 1 aromatic heterocycles. The van der Waals surface area contributed by atoms with E-state index in [1.807, 2.05) is 49.0 Å². The first-order chi connectivity index (χ1) is 15.2. The highest BCUT2D eigenvalue weighted by atomic mass is 35.5. The Labute approximate surface area is 200 Å². The number of sulfonamides is 1. The Bertz CT molecular complexity index is 1270. The molecule has 0 spiro atoms. The summed E-state index contributed by atoms with van der Waals surface area (Å²) in [6, 6.07) is 11.3. The molecule has 0 fully saturated rings. The van der Waals surface area contributed by atoms with Gasteiger partial charge in [-0.15, -0.1) is 11.3 Å². The quantitative estimate of drug-likeness (QED) is 0.384. The standard InChI is InChI=1S/C24H30ClN3O2S2/c1-6-13-28(14-7-2)32(29,30)23-15-19(11-12-20(23)25)22-16-31-24(27(22)5)26-21-10-8-9-17(3)18(21)4/h8-12,15-16H,6-7,13-14H2,1-5H3. The summed E-state index contributed by atoms with van der Waals surface area (Å²) in [5.41, 5.74) is 4.96. The van der Waals surface area contributed by atoms with Crippen molar-refractivity contribution in [1.29, 1.82) is 0 Å². The Kier molecular flexibility index (Phi) is 7.98. The zero-order valence-corrected chi connectivity index (χ0v) is 21.6. The van der Waals surface area contributed by atoms with Crippen molar-refractivity contribution < 1.29 is 8.42 Å². The normalized spacial score (nSPS) is 12.7. The maximum atomic E-state index is 13.3. The van der Waals surface area contributed by atoms with Crippen LogP contribution in [0.5, 0.6) is 0 Å². The molecule has 5 nitrogen and oxygen atoms in total.